The van der Waals surface area contributed by atoms with Crippen LogP contribution in [-0.2, 0) is 17.5 Å². The van der Waals surface area contributed by atoms with Gasteiger partial charge < -0.3 is 30.1 Å². The lowest BCUT2D eigenvalue weighted by atomic mass is 10.1. The van der Waals surface area contributed by atoms with E-state index in [4.69, 9.17) is 4.74 Å². The topological polar surface area (TPSA) is 106 Å². The van der Waals surface area contributed by atoms with Crippen molar-refractivity contribution in [1.29, 1.82) is 0 Å². The van der Waals surface area contributed by atoms with E-state index >= 15 is 0 Å². The van der Waals surface area contributed by atoms with Gasteiger partial charge in [-0.3, -0.25) is 4.79 Å². The van der Waals surface area contributed by atoms with Crippen molar-refractivity contribution >= 4 is 46.5 Å². The first-order chi connectivity index (χ1) is 23.5. The molecular formula is C31H30F8N8O3. The fraction of sp³-hybridized carbons (Fsp3) is 0.355. The SMILES string of the molecule is C=CC(=O)Nc1cc(Nc2ncc3c(n2)N(c2ccc(C(F)(F)F)cc2)C(=O)N([C@@H](C)C(F)(F)F)C3)c(OC(F)F)cc1N1CCN(C)CC1. The van der Waals surface area contributed by atoms with Crippen LogP contribution in [0.4, 0.5) is 74.4 Å². The molecule has 1 aromatic heterocycles. The van der Waals surface area contributed by atoms with E-state index < -0.39 is 49.1 Å². The minimum atomic E-state index is -4.85. The maximum absolute atomic E-state index is 13.7. The maximum atomic E-state index is 13.7. The molecule has 2 N–H and O–H groups in total. The van der Waals surface area contributed by atoms with Gasteiger partial charge in [-0.1, -0.05) is 6.58 Å². The molecule has 1 atom stereocenters. The number of aromatic nitrogens is 2. The maximum Gasteiger partial charge on any atom is 0.416 e. The molecule has 5 rings (SSSR count). The van der Waals surface area contributed by atoms with Crippen molar-refractivity contribution < 1.29 is 49.4 Å². The highest BCUT2D eigenvalue weighted by atomic mass is 19.4. The number of fused-ring (bicyclic) bond motifs is 1. The van der Waals surface area contributed by atoms with Gasteiger partial charge in [0.25, 0.3) is 0 Å². The summed E-state index contributed by atoms with van der Waals surface area (Å²) >= 11 is 0. The number of likely N-dealkylation sites (N-methyl/N-ethyl adjacent to an activating group) is 1. The van der Waals surface area contributed by atoms with E-state index in [2.05, 4.69) is 32.1 Å². The number of hydrogen-bond acceptors (Lipinski definition) is 8. The van der Waals surface area contributed by atoms with Crippen molar-refractivity contribution in [3.63, 3.8) is 0 Å². The van der Waals surface area contributed by atoms with Gasteiger partial charge in [0.1, 0.15) is 6.04 Å². The molecule has 0 bridgehead atoms. The third-order valence-electron chi connectivity index (χ3n) is 8.07. The predicted octanol–water partition coefficient (Wildman–Crippen LogP) is 6.74. The average molecular weight is 715 g/mol. The lowest BCUT2D eigenvalue weighted by Crippen LogP contribution is -2.53. The van der Waals surface area contributed by atoms with Gasteiger partial charge in [-0.2, -0.15) is 40.1 Å². The first-order valence-corrected chi connectivity index (χ1v) is 14.9. The summed E-state index contributed by atoms with van der Waals surface area (Å²) in [5.41, 5.74) is -0.931. The molecule has 3 heterocycles. The molecule has 2 aliphatic rings. The summed E-state index contributed by atoms with van der Waals surface area (Å²) < 4.78 is 113. The molecule has 3 amide bonds. The summed E-state index contributed by atoms with van der Waals surface area (Å²) in [7, 11) is 1.91. The van der Waals surface area contributed by atoms with Crippen LogP contribution in [-0.4, -0.2) is 83.8 Å². The van der Waals surface area contributed by atoms with E-state index in [0.717, 1.165) is 31.3 Å². The normalized spacial score (nSPS) is 16.3. The first-order valence-electron chi connectivity index (χ1n) is 14.9. The predicted molar refractivity (Wildman–Crippen MR) is 167 cm³/mol. The Labute approximate surface area is 280 Å². The molecule has 19 heteroatoms. The number of urea groups is 1. The molecule has 2 aromatic carbocycles. The molecule has 11 nitrogen and oxygen atoms in total. The lowest BCUT2D eigenvalue weighted by Gasteiger charge is -2.39. The van der Waals surface area contributed by atoms with Crippen molar-refractivity contribution in [2.75, 3.05) is 53.7 Å². The molecule has 0 saturated carbocycles. The van der Waals surface area contributed by atoms with Crippen LogP contribution in [0.25, 0.3) is 0 Å². The Balaban J connectivity index is 1.59. The molecule has 0 spiro atoms. The third kappa shape index (κ3) is 7.82. The number of carbonyl (C=O) groups excluding carboxylic acids is 2. The summed E-state index contributed by atoms with van der Waals surface area (Å²) in [6, 6.07) is 2.16. The zero-order chi connectivity index (χ0) is 36.5. The van der Waals surface area contributed by atoms with E-state index in [1.165, 1.54) is 12.1 Å². The Morgan fingerprint density at radius 2 is 1.68 bits per heavy atom. The number of nitrogens with one attached hydrogen (secondary N) is 2. The third-order valence-corrected chi connectivity index (χ3v) is 8.07. The Bertz CT molecular complexity index is 1750. The number of ether oxygens (including phenoxy) is 1. The van der Waals surface area contributed by atoms with Crippen molar-refractivity contribution in [2.45, 2.75) is 38.5 Å². The van der Waals surface area contributed by atoms with Gasteiger partial charge in [0.2, 0.25) is 11.9 Å². The highest BCUT2D eigenvalue weighted by Gasteiger charge is 2.46. The number of halogens is 8. The van der Waals surface area contributed by atoms with Gasteiger partial charge in [0.05, 0.1) is 34.9 Å². The molecule has 3 aromatic rings. The number of carbonyl (C=O) groups is 2. The van der Waals surface area contributed by atoms with Crippen molar-refractivity contribution in [2.24, 2.45) is 0 Å². The molecule has 268 valence electrons. The van der Waals surface area contributed by atoms with Gasteiger partial charge in [0.15, 0.2) is 11.6 Å². The van der Waals surface area contributed by atoms with Crippen LogP contribution < -0.4 is 25.2 Å². The molecule has 0 radical (unpaired) electrons. The molecular weight excluding hydrogens is 684 g/mol. The second kappa shape index (κ2) is 14.0. The standard InChI is InChI=1S/C31H30F8N8O3/c1-4-25(48)41-21-13-22(24(50-27(32)33)14-23(21)45-11-9-44(3)10-12-45)42-28-40-15-18-16-46(17(2)30(34,35)36)29(49)47(26(18)43-28)20-7-5-19(6-8-20)31(37,38)39/h4-8,13-15,17,27H,1,9-12,16H2,2-3H3,(H,41,48)(H,40,42,43)/t17-/m0/s1. The zero-order valence-electron chi connectivity index (χ0n) is 26.4. The van der Waals surface area contributed by atoms with E-state index in [1.54, 1.807) is 0 Å². The molecule has 0 aliphatic carbocycles. The minimum Gasteiger partial charge on any atom is -0.433 e. The number of alkyl halides is 8. The van der Waals surface area contributed by atoms with Crippen LogP contribution in [0.3, 0.4) is 0 Å². The summed E-state index contributed by atoms with van der Waals surface area (Å²) in [4.78, 5) is 39.4. The van der Waals surface area contributed by atoms with Gasteiger partial charge >= 0.3 is 25.0 Å². The summed E-state index contributed by atoms with van der Waals surface area (Å²) in [5.74, 6) is -1.61. The number of nitrogens with zero attached hydrogens (tertiary/aromatic N) is 6. The fourth-order valence-corrected chi connectivity index (χ4v) is 5.32. The van der Waals surface area contributed by atoms with Crippen molar-refractivity contribution in [1.82, 2.24) is 19.8 Å². The average Bonchev–Trinajstić information content (AvgIpc) is 3.04. The largest absolute Gasteiger partial charge is 0.433 e. The van der Waals surface area contributed by atoms with E-state index in [-0.39, 0.29) is 40.1 Å². The van der Waals surface area contributed by atoms with Gasteiger partial charge in [-0.15, -0.1) is 0 Å². The number of benzene rings is 2. The van der Waals surface area contributed by atoms with Crippen molar-refractivity contribution in [3.05, 3.63) is 66.4 Å². The molecule has 1 saturated heterocycles. The minimum absolute atomic E-state index is 0.000415. The second-order valence-corrected chi connectivity index (χ2v) is 11.4. The highest BCUT2D eigenvalue weighted by molar-refractivity contribution is 6.03. The molecule has 2 aliphatic heterocycles. The number of rotatable bonds is 9. The molecule has 0 unspecified atom stereocenters. The summed E-state index contributed by atoms with van der Waals surface area (Å²) in [5, 5.41) is 5.34. The van der Waals surface area contributed by atoms with Crippen LogP contribution in [0.2, 0.25) is 0 Å². The van der Waals surface area contributed by atoms with Crippen LogP contribution in [0.1, 0.15) is 18.1 Å². The van der Waals surface area contributed by atoms with Crippen LogP contribution in [0.15, 0.2) is 55.3 Å². The Kier molecular flexibility index (Phi) is 10.1. The monoisotopic (exact) mass is 714 g/mol. The van der Waals surface area contributed by atoms with Crippen LogP contribution in [0, 0.1) is 0 Å². The molecule has 1 fully saturated rings. The van der Waals surface area contributed by atoms with Gasteiger partial charge in [-0.25, -0.2) is 14.7 Å². The fourth-order valence-electron chi connectivity index (χ4n) is 5.32. The molecule has 50 heavy (non-hydrogen) atoms. The van der Waals surface area contributed by atoms with Crippen molar-refractivity contribution in [3.8, 4) is 5.75 Å². The Morgan fingerprint density at radius 1 is 1.02 bits per heavy atom. The summed E-state index contributed by atoms with van der Waals surface area (Å²) in [6.45, 7) is 2.54. The van der Waals surface area contributed by atoms with Crippen LogP contribution in [0.5, 0.6) is 5.75 Å². The quantitative estimate of drug-likeness (QED) is 0.186. The lowest BCUT2D eigenvalue weighted by molar-refractivity contribution is -0.172. The highest BCUT2D eigenvalue weighted by Crippen LogP contribution is 2.42. The number of anilines is 6. The van der Waals surface area contributed by atoms with Crippen LogP contribution >= 0.6 is 0 Å². The Hall–Kier alpha value is -5.20. The van der Waals surface area contributed by atoms with E-state index in [0.29, 0.717) is 53.8 Å². The smallest absolute Gasteiger partial charge is 0.416 e. The Morgan fingerprint density at radius 3 is 2.26 bits per heavy atom. The van der Waals surface area contributed by atoms with E-state index in [1.807, 2.05) is 11.9 Å². The summed E-state index contributed by atoms with van der Waals surface area (Å²) in [6.07, 6.45) is -7.48. The van der Waals surface area contributed by atoms with Gasteiger partial charge in [0, 0.05) is 44.0 Å². The number of amides is 3. The number of piperazine rings is 1. The van der Waals surface area contributed by atoms with E-state index in [9.17, 15) is 44.7 Å². The zero-order valence-corrected chi connectivity index (χ0v) is 26.4. The first kappa shape index (κ1) is 36.1. The van der Waals surface area contributed by atoms with Gasteiger partial charge in [-0.05, 0) is 50.4 Å². The second-order valence-electron chi connectivity index (χ2n) is 11.4. The number of hydrogen-bond donors (Lipinski definition) is 2.